The Bertz CT molecular complexity index is 3610. The fourth-order valence-corrected chi connectivity index (χ4v) is 13.8. The predicted molar refractivity (Wildman–Crippen MR) is 284 cm³/mol. The van der Waals surface area contributed by atoms with Crippen molar-refractivity contribution in [1.82, 2.24) is 0 Å². The Morgan fingerprint density at radius 2 is 0.375 bits per heavy atom. The maximum absolute atomic E-state index is 6.81. The van der Waals surface area contributed by atoms with Crippen molar-refractivity contribution in [1.29, 1.82) is 0 Å². The van der Waals surface area contributed by atoms with Gasteiger partial charge in [-0.25, -0.2) is 0 Å². The molecule has 0 saturated heterocycles. The molecule has 0 N–H and O–H groups in total. The van der Waals surface area contributed by atoms with Crippen LogP contribution >= 0.6 is 0 Å². The van der Waals surface area contributed by atoms with Gasteiger partial charge in [-0.3, -0.25) is 0 Å². The number of hydrogen-bond acceptors (Lipinski definition) is 9. The molecule has 9 heterocycles. The zero-order valence-corrected chi connectivity index (χ0v) is 37.8. The number of benzene rings is 10. The lowest BCUT2D eigenvalue weighted by Gasteiger charge is -2.45. The number of nitrogens with zero attached hydrogens (tertiary/aromatic N) is 3. The van der Waals surface area contributed by atoms with E-state index in [1.165, 1.54) is 0 Å². The highest BCUT2D eigenvalue weighted by Gasteiger charge is 2.51. The number of rotatable bonds is 3. The maximum Gasteiger partial charge on any atom is 0.266 e. The van der Waals surface area contributed by atoms with Gasteiger partial charge < -0.3 is 43.1 Å². The summed E-state index contributed by atoms with van der Waals surface area (Å²) in [5, 5.41) is 0. The molecule has 0 atom stereocenters. The third kappa shape index (κ3) is 4.27. The Morgan fingerprint density at radius 3 is 0.569 bits per heavy atom. The molecule has 0 spiro atoms. The molecule has 0 bridgehead atoms. The maximum atomic E-state index is 6.81. The van der Waals surface area contributed by atoms with Crippen LogP contribution in [0.25, 0.3) is 0 Å². The third-order valence-electron chi connectivity index (χ3n) is 16.4. The van der Waals surface area contributed by atoms with Crippen molar-refractivity contribution in [2.75, 3.05) is 14.7 Å². The summed E-state index contributed by atoms with van der Waals surface area (Å²) < 4.78 is 40.9. The number of hydrogen-bond donors (Lipinski definition) is 0. The molecular formula is C60H30B3N3O6. The van der Waals surface area contributed by atoms with E-state index >= 15 is 0 Å². The zero-order chi connectivity index (χ0) is 46.2. The number of ether oxygens (including phenoxy) is 6. The second kappa shape index (κ2) is 12.5. The molecule has 19 rings (SSSR count). The number of anilines is 9. The van der Waals surface area contributed by atoms with Crippen LogP contribution in [0.2, 0.25) is 0 Å². The Balaban J connectivity index is 0.906. The van der Waals surface area contributed by atoms with Crippen molar-refractivity contribution in [2.24, 2.45) is 0 Å². The monoisotopic (exact) mass is 921 g/mol. The topological polar surface area (TPSA) is 65.1 Å². The zero-order valence-electron chi connectivity index (χ0n) is 37.8. The Hall–Kier alpha value is -9.41. The minimum absolute atomic E-state index is 0.0769. The van der Waals surface area contributed by atoms with Gasteiger partial charge in [-0.05, 0) is 160 Å². The summed E-state index contributed by atoms with van der Waals surface area (Å²) in [4.78, 5) is 7.24. The van der Waals surface area contributed by atoms with Crippen LogP contribution in [-0.4, -0.2) is 20.1 Å². The first-order valence-corrected chi connectivity index (χ1v) is 24.5. The summed E-state index contributed by atoms with van der Waals surface area (Å²) in [6, 6.07) is 64.1. The second-order valence-electron chi connectivity index (χ2n) is 19.8. The van der Waals surface area contributed by atoms with Crippen LogP contribution < -0.4 is 92.3 Å². The van der Waals surface area contributed by atoms with Crippen molar-refractivity contribution in [3.05, 3.63) is 182 Å². The first-order valence-electron chi connectivity index (χ1n) is 24.5. The van der Waals surface area contributed by atoms with Crippen molar-refractivity contribution >= 4 is 120 Å². The summed E-state index contributed by atoms with van der Waals surface area (Å²) in [5.74, 6) is 10.0. The summed E-state index contributed by atoms with van der Waals surface area (Å²) in [5.41, 5.74) is 19.0. The highest BCUT2D eigenvalue weighted by atomic mass is 16.5. The minimum Gasteiger partial charge on any atom is -0.458 e. The van der Waals surface area contributed by atoms with Crippen LogP contribution in [0.15, 0.2) is 182 Å². The van der Waals surface area contributed by atoms with Gasteiger partial charge in [0.15, 0.2) is 0 Å². The van der Waals surface area contributed by atoms with Gasteiger partial charge in [0.1, 0.15) is 69.0 Å². The highest BCUT2D eigenvalue weighted by Crippen LogP contribution is 2.53. The van der Waals surface area contributed by atoms with E-state index in [2.05, 4.69) is 178 Å². The molecule has 0 radical (unpaired) electrons. The van der Waals surface area contributed by atoms with E-state index in [1.54, 1.807) is 0 Å². The molecule has 12 heteroatoms. The summed E-state index contributed by atoms with van der Waals surface area (Å²) in [6.45, 7) is -0.231. The summed E-state index contributed by atoms with van der Waals surface area (Å²) in [6.07, 6.45) is 0. The molecule has 9 nitrogen and oxygen atoms in total. The normalized spacial score (nSPS) is 15.2. The van der Waals surface area contributed by atoms with Gasteiger partial charge in [-0.15, -0.1) is 0 Å². The van der Waals surface area contributed by atoms with E-state index in [1.807, 2.05) is 18.2 Å². The quantitative estimate of drug-likeness (QED) is 0.162. The van der Waals surface area contributed by atoms with Gasteiger partial charge in [0, 0.05) is 50.5 Å². The molecule has 0 unspecified atom stereocenters. The van der Waals surface area contributed by atoms with E-state index in [4.69, 9.17) is 28.4 Å². The molecule has 330 valence electrons. The fourth-order valence-electron chi connectivity index (χ4n) is 13.8. The summed E-state index contributed by atoms with van der Waals surface area (Å²) >= 11 is 0. The Kier molecular flexibility index (Phi) is 6.34. The standard InChI is InChI=1S/C60H30B3N3O6/c1-10-34-52-40(16-1)67-46-22-7-23-47-58(46)61(52)53-35(11-2-17-41(53)68-47)64(34)31-28-32(65-36-12-3-18-42-54(36)62-55-37(65)13-4-19-43(55)70-49-25-8-24-48(69-42)59(49)62)30-33(29-31)66-38-14-5-20-44-56(38)63-57-39(66)15-6-21-45(57)72-51-27-9-26-50(71-44)60(51)63/h1-30H. The molecule has 9 aliphatic rings. The highest BCUT2D eigenvalue weighted by molar-refractivity contribution is 7.02. The average Bonchev–Trinajstić information content (AvgIpc) is 3.42. The Labute approximate surface area is 412 Å². The van der Waals surface area contributed by atoms with Crippen LogP contribution in [-0.2, 0) is 0 Å². The molecule has 10 aromatic carbocycles. The molecular weight excluding hydrogens is 891 g/mol. The van der Waals surface area contributed by atoms with Crippen molar-refractivity contribution in [3.63, 3.8) is 0 Å². The van der Waals surface area contributed by atoms with E-state index in [-0.39, 0.29) is 20.1 Å². The molecule has 10 aromatic rings. The summed E-state index contributed by atoms with van der Waals surface area (Å²) in [7, 11) is 0. The van der Waals surface area contributed by atoms with Gasteiger partial charge in [0.25, 0.3) is 20.1 Å². The van der Waals surface area contributed by atoms with Gasteiger partial charge >= 0.3 is 0 Å². The van der Waals surface area contributed by atoms with Gasteiger partial charge in [0.2, 0.25) is 0 Å². The molecule has 9 aliphatic heterocycles. The second-order valence-corrected chi connectivity index (χ2v) is 19.8. The van der Waals surface area contributed by atoms with Crippen molar-refractivity contribution < 1.29 is 28.4 Å². The largest absolute Gasteiger partial charge is 0.458 e. The molecule has 0 saturated carbocycles. The predicted octanol–water partition coefficient (Wildman–Crippen LogP) is 9.22. The molecule has 72 heavy (non-hydrogen) atoms. The first-order chi connectivity index (χ1) is 35.7. The SMILES string of the molecule is c1cc2c3c(c1)Oc1cccc4c1B3c1c(cccc1N4c1cc(N3c4cccc5c4B4c6c(cccc6Oc6cccc3c64)O5)cc(N3c4cccc5c4B4c6c(cccc6Oc6cccc3c64)O5)c1)O2. The van der Waals surface area contributed by atoms with Crippen molar-refractivity contribution in [2.45, 2.75) is 0 Å². The minimum atomic E-state index is -0.0769. The first kappa shape index (κ1) is 36.6. The smallest absolute Gasteiger partial charge is 0.266 e. The van der Waals surface area contributed by atoms with Gasteiger partial charge in [-0.1, -0.05) is 54.6 Å². The van der Waals surface area contributed by atoms with E-state index < -0.39 is 0 Å². The fraction of sp³-hybridized carbons (Fsp3) is 0. The third-order valence-corrected chi connectivity index (χ3v) is 16.4. The lowest BCUT2D eigenvalue weighted by atomic mass is 9.33. The average molecular weight is 921 g/mol. The van der Waals surface area contributed by atoms with Crippen LogP contribution in [0.4, 0.5) is 51.2 Å². The van der Waals surface area contributed by atoms with E-state index in [0.29, 0.717) is 0 Å². The van der Waals surface area contributed by atoms with E-state index in [9.17, 15) is 0 Å². The molecule has 0 aliphatic carbocycles. The van der Waals surface area contributed by atoms with Gasteiger partial charge in [0.05, 0.1) is 17.1 Å². The van der Waals surface area contributed by atoms with Gasteiger partial charge in [-0.2, -0.15) is 0 Å². The van der Waals surface area contributed by atoms with Crippen LogP contribution in [0.3, 0.4) is 0 Å². The van der Waals surface area contributed by atoms with E-state index in [0.717, 1.165) is 169 Å². The van der Waals surface area contributed by atoms with Crippen LogP contribution in [0.1, 0.15) is 0 Å². The molecule has 0 amide bonds. The van der Waals surface area contributed by atoms with Crippen molar-refractivity contribution in [3.8, 4) is 69.0 Å². The van der Waals surface area contributed by atoms with Crippen LogP contribution in [0.5, 0.6) is 69.0 Å². The van der Waals surface area contributed by atoms with Crippen LogP contribution in [0, 0.1) is 0 Å². The molecule has 0 aromatic heterocycles. The lowest BCUT2D eigenvalue weighted by Crippen LogP contribution is -2.61. The lowest BCUT2D eigenvalue weighted by molar-refractivity contribution is 0.463. The Morgan fingerprint density at radius 1 is 0.208 bits per heavy atom. The molecule has 0 fully saturated rings.